The summed E-state index contributed by atoms with van der Waals surface area (Å²) in [6, 6.07) is 5.18. The first-order valence-electron chi connectivity index (χ1n) is 5.16. The molecule has 94 valence electrons. The number of hydrogen-bond donors (Lipinski definition) is 1. The van der Waals surface area contributed by atoms with E-state index in [1.165, 1.54) is 7.11 Å². The monoisotopic (exact) mass is 265 g/mol. The van der Waals surface area contributed by atoms with E-state index in [4.69, 9.17) is 26.8 Å². The van der Waals surface area contributed by atoms with Crippen molar-refractivity contribution < 1.29 is 9.47 Å². The first-order valence-corrected chi connectivity index (χ1v) is 5.54. The Labute approximate surface area is 110 Å². The molecule has 0 spiro atoms. The topological polar surface area (TPSA) is 70.3 Å². The van der Waals surface area contributed by atoms with Crippen LogP contribution in [0.15, 0.2) is 24.4 Å². The van der Waals surface area contributed by atoms with Crippen LogP contribution in [-0.2, 0) is 0 Å². The molecular formula is C12H12ClN3O2. The summed E-state index contributed by atoms with van der Waals surface area (Å²) in [6.07, 6.45) is 1.56. The molecule has 2 rings (SSSR count). The van der Waals surface area contributed by atoms with Crippen LogP contribution >= 0.6 is 11.6 Å². The highest BCUT2D eigenvalue weighted by molar-refractivity contribution is 6.28. The van der Waals surface area contributed by atoms with Gasteiger partial charge in [-0.25, -0.2) is 9.97 Å². The normalized spacial score (nSPS) is 10.2. The van der Waals surface area contributed by atoms with Crippen molar-refractivity contribution in [2.45, 2.75) is 0 Å². The second-order valence-corrected chi connectivity index (χ2v) is 3.81. The maximum Gasteiger partial charge on any atom is 0.222 e. The number of anilines is 1. The van der Waals surface area contributed by atoms with Crippen molar-refractivity contribution in [1.82, 2.24) is 9.97 Å². The lowest BCUT2D eigenvalue weighted by molar-refractivity contribution is 0.398. The lowest BCUT2D eigenvalue weighted by atomic mass is 10.1. The van der Waals surface area contributed by atoms with Crippen LogP contribution in [0.2, 0.25) is 5.28 Å². The second kappa shape index (κ2) is 5.10. The standard InChI is InChI=1S/C12H12ClN3O2/c1-17-9-4-3-7(14)11(18-2)10(9)8-5-6-15-12(13)16-8/h3-6H,14H2,1-2H3. The smallest absolute Gasteiger partial charge is 0.222 e. The number of aromatic nitrogens is 2. The molecule has 1 aromatic carbocycles. The molecule has 0 atom stereocenters. The van der Waals surface area contributed by atoms with Crippen LogP contribution in [-0.4, -0.2) is 24.2 Å². The summed E-state index contributed by atoms with van der Waals surface area (Å²) in [7, 11) is 3.11. The molecule has 0 saturated heterocycles. The van der Waals surface area contributed by atoms with Crippen molar-refractivity contribution in [3.05, 3.63) is 29.7 Å². The van der Waals surface area contributed by atoms with E-state index in [0.29, 0.717) is 28.4 Å². The van der Waals surface area contributed by atoms with Crippen molar-refractivity contribution >= 4 is 17.3 Å². The summed E-state index contributed by atoms with van der Waals surface area (Å²) in [4.78, 5) is 7.98. The lowest BCUT2D eigenvalue weighted by Crippen LogP contribution is -1.99. The van der Waals surface area contributed by atoms with Gasteiger partial charge in [0.05, 0.1) is 31.2 Å². The average molecular weight is 266 g/mol. The fraction of sp³-hybridized carbons (Fsp3) is 0.167. The number of ether oxygens (including phenoxy) is 2. The number of halogens is 1. The lowest BCUT2D eigenvalue weighted by Gasteiger charge is -2.14. The number of methoxy groups -OCH3 is 2. The summed E-state index contributed by atoms with van der Waals surface area (Å²) in [5, 5.41) is 0.152. The molecule has 0 fully saturated rings. The van der Waals surface area contributed by atoms with Crippen molar-refractivity contribution in [3.8, 4) is 22.8 Å². The van der Waals surface area contributed by atoms with Gasteiger partial charge in [-0.3, -0.25) is 0 Å². The molecule has 1 aromatic heterocycles. The van der Waals surface area contributed by atoms with Gasteiger partial charge in [-0.1, -0.05) is 0 Å². The SMILES string of the molecule is COc1ccc(N)c(OC)c1-c1ccnc(Cl)n1. The maximum atomic E-state index is 5.87. The van der Waals surface area contributed by atoms with Crippen LogP contribution in [0.5, 0.6) is 11.5 Å². The van der Waals surface area contributed by atoms with Crippen LogP contribution < -0.4 is 15.2 Å². The van der Waals surface area contributed by atoms with E-state index in [9.17, 15) is 0 Å². The third-order valence-corrected chi connectivity index (χ3v) is 2.64. The quantitative estimate of drug-likeness (QED) is 0.682. The van der Waals surface area contributed by atoms with Gasteiger partial charge in [0.2, 0.25) is 5.28 Å². The Balaban J connectivity index is 2.71. The Morgan fingerprint density at radius 3 is 2.56 bits per heavy atom. The molecule has 6 heteroatoms. The van der Waals surface area contributed by atoms with E-state index in [1.807, 2.05) is 0 Å². The molecule has 2 aromatic rings. The largest absolute Gasteiger partial charge is 0.496 e. The zero-order valence-electron chi connectivity index (χ0n) is 9.98. The number of rotatable bonds is 3. The zero-order chi connectivity index (χ0) is 13.1. The van der Waals surface area contributed by atoms with E-state index in [0.717, 1.165) is 0 Å². The Morgan fingerprint density at radius 2 is 1.94 bits per heavy atom. The average Bonchev–Trinajstić information content (AvgIpc) is 2.38. The van der Waals surface area contributed by atoms with E-state index < -0.39 is 0 Å². The Morgan fingerprint density at radius 1 is 1.17 bits per heavy atom. The Kier molecular flexibility index (Phi) is 3.53. The minimum Gasteiger partial charge on any atom is -0.496 e. The molecule has 0 radical (unpaired) electrons. The number of hydrogen-bond acceptors (Lipinski definition) is 5. The molecule has 0 bridgehead atoms. The van der Waals surface area contributed by atoms with Crippen LogP contribution in [0.25, 0.3) is 11.3 Å². The highest BCUT2D eigenvalue weighted by atomic mass is 35.5. The molecule has 0 aliphatic carbocycles. The number of nitrogens with zero attached hydrogens (tertiary/aromatic N) is 2. The van der Waals surface area contributed by atoms with Crippen molar-refractivity contribution in [2.24, 2.45) is 0 Å². The second-order valence-electron chi connectivity index (χ2n) is 3.48. The minimum absolute atomic E-state index is 0.152. The third-order valence-electron chi connectivity index (χ3n) is 2.46. The van der Waals surface area contributed by atoms with E-state index in [-0.39, 0.29) is 5.28 Å². The van der Waals surface area contributed by atoms with Gasteiger partial charge < -0.3 is 15.2 Å². The van der Waals surface area contributed by atoms with Gasteiger partial charge in [0.15, 0.2) is 5.75 Å². The van der Waals surface area contributed by atoms with Gasteiger partial charge in [-0.05, 0) is 29.8 Å². The minimum atomic E-state index is 0.152. The van der Waals surface area contributed by atoms with Crippen molar-refractivity contribution in [3.63, 3.8) is 0 Å². The molecule has 0 aliphatic heterocycles. The zero-order valence-corrected chi connectivity index (χ0v) is 10.7. The van der Waals surface area contributed by atoms with E-state index in [2.05, 4.69) is 9.97 Å². The Bertz CT molecular complexity index is 575. The Hall–Kier alpha value is -2.01. The van der Waals surface area contributed by atoms with Gasteiger partial charge in [0, 0.05) is 6.20 Å². The summed E-state index contributed by atoms with van der Waals surface area (Å²) >= 11 is 5.79. The molecule has 0 aliphatic rings. The molecule has 5 nitrogen and oxygen atoms in total. The van der Waals surface area contributed by atoms with E-state index in [1.54, 1.807) is 31.5 Å². The van der Waals surface area contributed by atoms with Gasteiger partial charge in [-0.15, -0.1) is 0 Å². The number of benzene rings is 1. The molecule has 0 unspecified atom stereocenters. The third kappa shape index (κ3) is 2.17. The predicted octanol–water partition coefficient (Wildman–Crippen LogP) is 2.40. The van der Waals surface area contributed by atoms with E-state index >= 15 is 0 Å². The van der Waals surface area contributed by atoms with Gasteiger partial charge in [-0.2, -0.15) is 0 Å². The summed E-state index contributed by atoms with van der Waals surface area (Å²) in [5.41, 5.74) is 7.63. The highest BCUT2D eigenvalue weighted by Gasteiger charge is 2.17. The van der Waals surface area contributed by atoms with Crippen molar-refractivity contribution in [1.29, 1.82) is 0 Å². The first kappa shape index (κ1) is 12.4. The molecule has 1 heterocycles. The predicted molar refractivity (Wildman–Crippen MR) is 70.0 cm³/mol. The van der Waals surface area contributed by atoms with Crippen molar-refractivity contribution in [2.75, 3.05) is 20.0 Å². The number of nitrogens with two attached hydrogens (primary N) is 1. The maximum absolute atomic E-state index is 5.87. The first-order chi connectivity index (χ1) is 8.67. The molecule has 0 saturated carbocycles. The van der Waals surface area contributed by atoms with Crippen LogP contribution in [0.4, 0.5) is 5.69 Å². The summed E-state index contributed by atoms with van der Waals surface area (Å²) < 4.78 is 10.6. The fourth-order valence-corrected chi connectivity index (χ4v) is 1.83. The van der Waals surface area contributed by atoms with Gasteiger partial charge in [0.1, 0.15) is 5.75 Å². The molecule has 2 N–H and O–H groups in total. The summed E-state index contributed by atoms with van der Waals surface area (Å²) in [6.45, 7) is 0. The van der Waals surface area contributed by atoms with Gasteiger partial charge >= 0.3 is 0 Å². The van der Waals surface area contributed by atoms with Crippen LogP contribution in [0, 0.1) is 0 Å². The summed E-state index contributed by atoms with van der Waals surface area (Å²) in [5.74, 6) is 1.11. The highest BCUT2D eigenvalue weighted by Crippen LogP contribution is 2.41. The van der Waals surface area contributed by atoms with Crippen LogP contribution in [0.3, 0.4) is 0 Å². The number of nitrogen functional groups attached to an aromatic ring is 1. The van der Waals surface area contributed by atoms with Crippen LogP contribution in [0.1, 0.15) is 0 Å². The molecular weight excluding hydrogens is 254 g/mol. The molecule has 18 heavy (non-hydrogen) atoms. The van der Waals surface area contributed by atoms with Gasteiger partial charge in [0.25, 0.3) is 0 Å². The fourth-order valence-electron chi connectivity index (χ4n) is 1.69. The molecule has 0 amide bonds.